The number of nitrogens with two attached hydrogens (primary N) is 1. The quantitative estimate of drug-likeness (QED) is 0.645. The molecule has 0 radical (unpaired) electrons. The van der Waals surface area contributed by atoms with Crippen LogP contribution in [0.25, 0.3) is 0 Å². The third kappa shape index (κ3) is 3.21. The fraction of sp³-hybridized carbons (Fsp3) is 1.00. The smallest absolute Gasteiger partial charge is 0.00818 e. The summed E-state index contributed by atoms with van der Waals surface area (Å²) in [6, 6.07) is 1.16. The van der Waals surface area contributed by atoms with E-state index < -0.39 is 0 Å². The highest BCUT2D eigenvalue weighted by Crippen LogP contribution is 2.11. The fourth-order valence-electron chi connectivity index (χ4n) is 1.71. The van der Waals surface area contributed by atoms with E-state index in [0.717, 1.165) is 13.0 Å². The molecule has 1 aliphatic rings. The molecule has 3 N–H and O–H groups in total. The molecule has 0 bridgehead atoms. The van der Waals surface area contributed by atoms with E-state index in [1.54, 1.807) is 0 Å². The van der Waals surface area contributed by atoms with Crippen LogP contribution in [0.15, 0.2) is 0 Å². The van der Waals surface area contributed by atoms with E-state index in [2.05, 4.69) is 12.2 Å². The molecule has 0 amide bonds. The molecule has 2 unspecified atom stereocenters. The Morgan fingerprint density at radius 3 is 3.00 bits per heavy atom. The minimum absolute atomic E-state index is 0.457. The first kappa shape index (κ1) is 9.01. The molecule has 0 aromatic heterocycles. The summed E-state index contributed by atoms with van der Waals surface area (Å²) >= 11 is 0. The zero-order valence-corrected chi connectivity index (χ0v) is 7.47. The van der Waals surface area contributed by atoms with Crippen LogP contribution in [-0.2, 0) is 0 Å². The van der Waals surface area contributed by atoms with Gasteiger partial charge in [0.15, 0.2) is 0 Å². The second kappa shape index (κ2) is 4.73. The lowest BCUT2D eigenvalue weighted by Crippen LogP contribution is -2.43. The summed E-state index contributed by atoms with van der Waals surface area (Å²) in [4.78, 5) is 0. The van der Waals surface area contributed by atoms with Gasteiger partial charge >= 0.3 is 0 Å². The van der Waals surface area contributed by atoms with Crippen molar-refractivity contribution in [3.63, 3.8) is 0 Å². The molecule has 1 fully saturated rings. The molecule has 1 saturated heterocycles. The fourth-order valence-corrected chi connectivity index (χ4v) is 1.71. The van der Waals surface area contributed by atoms with Crippen molar-refractivity contribution >= 4 is 0 Å². The molecular weight excluding hydrogens is 136 g/mol. The number of hydrogen-bond acceptors (Lipinski definition) is 2. The highest BCUT2D eigenvalue weighted by Gasteiger charge is 2.17. The van der Waals surface area contributed by atoms with Gasteiger partial charge in [0.05, 0.1) is 0 Å². The molecule has 0 spiro atoms. The Labute approximate surface area is 69.5 Å². The van der Waals surface area contributed by atoms with Gasteiger partial charge in [0.2, 0.25) is 0 Å². The van der Waals surface area contributed by atoms with Crippen LogP contribution < -0.4 is 11.1 Å². The molecule has 2 nitrogen and oxygen atoms in total. The molecule has 0 aromatic rings. The first-order chi connectivity index (χ1) is 5.33. The SMILES string of the molecule is CCCCC1CC(N)CCN1. The van der Waals surface area contributed by atoms with Gasteiger partial charge in [0, 0.05) is 12.1 Å². The molecule has 1 rings (SSSR count). The molecule has 0 saturated carbocycles. The van der Waals surface area contributed by atoms with Crippen LogP contribution in [0.5, 0.6) is 0 Å². The van der Waals surface area contributed by atoms with Crippen molar-refractivity contribution in [1.82, 2.24) is 5.32 Å². The number of rotatable bonds is 3. The van der Waals surface area contributed by atoms with E-state index in [1.165, 1.54) is 25.7 Å². The monoisotopic (exact) mass is 156 g/mol. The maximum Gasteiger partial charge on any atom is 0.00818 e. The van der Waals surface area contributed by atoms with Gasteiger partial charge in [-0.2, -0.15) is 0 Å². The molecule has 1 aliphatic heterocycles. The van der Waals surface area contributed by atoms with Crippen molar-refractivity contribution in [1.29, 1.82) is 0 Å². The average Bonchev–Trinajstić information content (AvgIpc) is 2.01. The van der Waals surface area contributed by atoms with Gasteiger partial charge in [-0.1, -0.05) is 19.8 Å². The summed E-state index contributed by atoms with van der Waals surface area (Å²) in [6.07, 6.45) is 6.28. The van der Waals surface area contributed by atoms with Gasteiger partial charge in [0.1, 0.15) is 0 Å². The average molecular weight is 156 g/mol. The van der Waals surface area contributed by atoms with Crippen LogP contribution in [0.3, 0.4) is 0 Å². The van der Waals surface area contributed by atoms with Crippen molar-refractivity contribution in [3.05, 3.63) is 0 Å². The summed E-state index contributed by atoms with van der Waals surface area (Å²) in [5, 5.41) is 3.50. The van der Waals surface area contributed by atoms with Crippen molar-refractivity contribution in [2.45, 2.75) is 51.1 Å². The van der Waals surface area contributed by atoms with Crippen LogP contribution in [0.4, 0.5) is 0 Å². The molecule has 66 valence electrons. The maximum absolute atomic E-state index is 5.86. The van der Waals surface area contributed by atoms with Crippen LogP contribution in [0, 0.1) is 0 Å². The van der Waals surface area contributed by atoms with E-state index in [9.17, 15) is 0 Å². The van der Waals surface area contributed by atoms with E-state index >= 15 is 0 Å². The normalized spacial score (nSPS) is 32.2. The van der Waals surface area contributed by atoms with Gasteiger partial charge in [-0.3, -0.25) is 0 Å². The van der Waals surface area contributed by atoms with Gasteiger partial charge < -0.3 is 11.1 Å². The van der Waals surface area contributed by atoms with Crippen molar-refractivity contribution in [2.75, 3.05) is 6.54 Å². The van der Waals surface area contributed by atoms with Crippen LogP contribution in [-0.4, -0.2) is 18.6 Å². The number of hydrogen-bond donors (Lipinski definition) is 2. The minimum atomic E-state index is 0.457. The highest BCUT2D eigenvalue weighted by molar-refractivity contribution is 4.79. The Balaban J connectivity index is 2.12. The summed E-state index contributed by atoms with van der Waals surface area (Å²) in [7, 11) is 0. The predicted octanol–water partition coefficient (Wildman–Crippen LogP) is 1.26. The third-order valence-corrected chi connectivity index (χ3v) is 2.44. The second-order valence-electron chi connectivity index (χ2n) is 3.58. The van der Waals surface area contributed by atoms with E-state index in [1.807, 2.05) is 0 Å². The zero-order valence-electron chi connectivity index (χ0n) is 7.47. The summed E-state index contributed by atoms with van der Waals surface area (Å²) in [5.41, 5.74) is 5.86. The molecule has 0 aromatic carbocycles. The Morgan fingerprint density at radius 1 is 1.55 bits per heavy atom. The van der Waals surface area contributed by atoms with Crippen LogP contribution in [0.2, 0.25) is 0 Å². The van der Waals surface area contributed by atoms with Crippen molar-refractivity contribution in [3.8, 4) is 0 Å². The van der Waals surface area contributed by atoms with E-state index in [-0.39, 0.29) is 0 Å². The Hall–Kier alpha value is -0.0800. The predicted molar refractivity (Wildman–Crippen MR) is 48.5 cm³/mol. The minimum Gasteiger partial charge on any atom is -0.328 e. The van der Waals surface area contributed by atoms with Gasteiger partial charge in [0.25, 0.3) is 0 Å². The number of nitrogens with one attached hydrogen (secondary N) is 1. The molecule has 2 atom stereocenters. The summed E-state index contributed by atoms with van der Waals surface area (Å²) in [6.45, 7) is 3.36. The molecule has 0 aliphatic carbocycles. The molecule has 11 heavy (non-hydrogen) atoms. The third-order valence-electron chi connectivity index (χ3n) is 2.44. The molecular formula is C9H20N2. The summed E-state index contributed by atoms with van der Waals surface area (Å²) in [5.74, 6) is 0. The first-order valence-corrected chi connectivity index (χ1v) is 4.82. The van der Waals surface area contributed by atoms with Crippen LogP contribution in [0.1, 0.15) is 39.0 Å². The van der Waals surface area contributed by atoms with E-state index in [4.69, 9.17) is 5.73 Å². The lowest BCUT2D eigenvalue weighted by Gasteiger charge is -2.27. The summed E-state index contributed by atoms with van der Waals surface area (Å²) < 4.78 is 0. The Bertz CT molecular complexity index is 104. The Kier molecular flexibility index (Phi) is 3.87. The van der Waals surface area contributed by atoms with Crippen LogP contribution >= 0.6 is 0 Å². The highest BCUT2D eigenvalue weighted by atomic mass is 14.9. The lowest BCUT2D eigenvalue weighted by atomic mass is 9.96. The first-order valence-electron chi connectivity index (χ1n) is 4.82. The van der Waals surface area contributed by atoms with Gasteiger partial charge in [-0.05, 0) is 25.8 Å². The lowest BCUT2D eigenvalue weighted by molar-refractivity contribution is 0.341. The second-order valence-corrected chi connectivity index (χ2v) is 3.58. The molecule has 2 heteroatoms. The number of unbranched alkanes of at least 4 members (excludes halogenated alkanes) is 1. The standard InChI is InChI=1S/C9H20N2/c1-2-3-4-9-7-8(10)5-6-11-9/h8-9,11H,2-7,10H2,1H3. The zero-order chi connectivity index (χ0) is 8.10. The van der Waals surface area contributed by atoms with E-state index in [0.29, 0.717) is 12.1 Å². The topological polar surface area (TPSA) is 38.0 Å². The van der Waals surface area contributed by atoms with Crippen molar-refractivity contribution < 1.29 is 0 Å². The molecule has 1 heterocycles. The van der Waals surface area contributed by atoms with Crippen molar-refractivity contribution in [2.24, 2.45) is 5.73 Å². The van der Waals surface area contributed by atoms with Gasteiger partial charge in [-0.25, -0.2) is 0 Å². The Morgan fingerprint density at radius 2 is 2.36 bits per heavy atom. The van der Waals surface area contributed by atoms with Gasteiger partial charge in [-0.15, -0.1) is 0 Å². The number of piperidine rings is 1. The maximum atomic E-state index is 5.86. The largest absolute Gasteiger partial charge is 0.328 e.